The second-order valence-corrected chi connectivity index (χ2v) is 7.62. The molecule has 1 fully saturated rings. The Labute approximate surface area is 139 Å². The third kappa shape index (κ3) is 2.70. The maximum absolute atomic E-state index is 6.55. The van der Waals surface area contributed by atoms with Gasteiger partial charge in [0.15, 0.2) is 0 Å². The minimum atomic E-state index is 0.323. The van der Waals surface area contributed by atoms with Crippen molar-refractivity contribution in [3.63, 3.8) is 0 Å². The Morgan fingerprint density at radius 1 is 1.17 bits per heavy atom. The molecule has 4 rings (SSSR count). The van der Waals surface area contributed by atoms with Gasteiger partial charge in [-0.15, -0.1) is 0 Å². The highest BCUT2D eigenvalue weighted by Crippen LogP contribution is 2.33. The molecule has 0 saturated heterocycles. The summed E-state index contributed by atoms with van der Waals surface area (Å²) in [5.41, 5.74) is 12.4. The molecule has 1 aliphatic carbocycles. The van der Waals surface area contributed by atoms with Gasteiger partial charge in [0.1, 0.15) is 0 Å². The van der Waals surface area contributed by atoms with E-state index in [9.17, 15) is 0 Å². The fourth-order valence-corrected chi connectivity index (χ4v) is 4.62. The van der Waals surface area contributed by atoms with Crippen molar-refractivity contribution < 1.29 is 0 Å². The highest BCUT2D eigenvalue weighted by atomic mass is 15.1. The van der Waals surface area contributed by atoms with Crippen LogP contribution in [0.15, 0.2) is 18.3 Å². The lowest BCUT2D eigenvalue weighted by Gasteiger charge is -2.18. The van der Waals surface area contributed by atoms with Crippen molar-refractivity contribution in [1.29, 1.82) is 0 Å². The smallest absolute Gasteiger partial charge is 0.0484 e. The monoisotopic (exact) mass is 311 g/mol. The Balaban J connectivity index is 1.65. The molecule has 0 amide bonds. The summed E-state index contributed by atoms with van der Waals surface area (Å²) >= 11 is 0. The van der Waals surface area contributed by atoms with Crippen molar-refractivity contribution in [3.8, 4) is 0 Å². The fraction of sp³-hybridized carbons (Fsp3) is 0.600. The molecule has 1 aromatic heterocycles. The molecule has 23 heavy (non-hydrogen) atoms. The number of aryl methyl sites for hydroxylation is 1. The number of aromatic nitrogens is 1. The SMILES string of the molecule is CCN1Cc2cc3c(CC(N)C4CCCC4)cn(C)c3cc2C1. The first-order valence-corrected chi connectivity index (χ1v) is 9.23. The summed E-state index contributed by atoms with van der Waals surface area (Å²) in [5, 5.41) is 1.43. The number of hydrogen-bond acceptors (Lipinski definition) is 2. The summed E-state index contributed by atoms with van der Waals surface area (Å²) in [4.78, 5) is 2.51. The van der Waals surface area contributed by atoms with Crippen molar-refractivity contribution in [3.05, 3.63) is 35.0 Å². The van der Waals surface area contributed by atoms with Crippen LogP contribution in [0.2, 0.25) is 0 Å². The van der Waals surface area contributed by atoms with Gasteiger partial charge in [0.25, 0.3) is 0 Å². The summed E-state index contributed by atoms with van der Waals surface area (Å²) in [5.74, 6) is 0.732. The molecule has 0 bridgehead atoms. The second kappa shape index (κ2) is 5.95. The van der Waals surface area contributed by atoms with E-state index in [2.05, 4.69) is 41.8 Å². The number of hydrogen-bond donors (Lipinski definition) is 1. The fourth-order valence-electron chi connectivity index (χ4n) is 4.62. The van der Waals surface area contributed by atoms with Crippen LogP contribution < -0.4 is 5.73 Å². The van der Waals surface area contributed by atoms with Gasteiger partial charge in [0.2, 0.25) is 0 Å². The first kappa shape index (κ1) is 15.2. The van der Waals surface area contributed by atoms with E-state index in [1.807, 2.05) is 0 Å². The molecule has 3 nitrogen and oxygen atoms in total. The summed E-state index contributed by atoms with van der Waals surface area (Å²) in [6.07, 6.45) is 8.73. The predicted octanol–water partition coefficient (Wildman–Crippen LogP) is 3.57. The van der Waals surface area contributed by atoms with Crippen LogP contribution in [0.5, 0.6) is 0 Å². The van der Waals surface area contributed by atoms with Crippen molar-refractivity contribution >= 4 is 10.9 Å². The van der Waals surface area contributed by atoms with Crippen molar-refractivity contribution in [2.45, 2.75) is 58.2 Å². The maximum Gasteiger partial charge on any atom is 0.0484 e. The van der Waals surface area contributed by atoms with Gasteiger partial charge >= 0.3 is 0 Å². The zero-order valence-corrected chi connectivity index (χ0v) is 14.5. The van der Waals surface area contributed by atoms with Crippen LogP contribution in [0.1, 0.15) is 49.3 Å². The Morgan fingerprint density at radius 2 is 1.87 bits per heavy atom. The highest BCUT2D eigenvalue weighted by molar-refractivity contribution is 5.86. The average molecular weight is 311 g/mol. The van der Waals surface area contributed by atoms with E-state index in [1.165, 1.54) is 53.3 Å². The zero-order chi connectivity index (χ0) is 16.0. The molecule has 1 aliphatic heterocycles. The lowest BCUT2D eigenvalue weighted by atomic mass is 9.92. The Morgan fingerprint density at radius 3 is 2.57 bits per heavy atom. The number of nitrogens with two attached hydrogens (primary N) is 1. The molecular weight excluding hydrogens is 282 g/mol. The van der Waals surface area contributed by atoms with Crippen LogP contribution in [0, 0.1) is 5.92 Å². The zero-order valence-electron chi connectivity index (χ0n) is 14.5. The summed E-state index contributed by atoms with van der Waals surface area (Å²) < 4.78 is 2.29. The first-order chi connectivity index (χ1) is 11.2. The molecule has 2 aliphatic rings. The van der Waals surface area contributed by atoms with Crippen LogP contribution in [-0.2, 0) is 26.6 Å². The van der Waals surface area contributed by atoms with E-state index in [0.29, 0.717) is 6.04 Å². The average Bonchev–Trinajstić information content (AvgIpc) is 3.25. The lowest BCUT2D eigenvalue weighted by molar-refractivity contribution is 0.301. The van der Waals surface area contributed by atoms with Crippen LogP contribution in [-0.4, -0.2) is 22.1 Å². The van der Waals surface area contributed by atoms with Crippen molar-refractivity contribution in [1.82, 2.24) is 9.47 Å². The first-order valence-electron chi connectivity index (χ1n) is 9.23. The molecule has 1 atom stereocenters. The van der Waals surface area contributed by atoms with Crippen LogP contribution >= 0.6 is 0 Å². The lowest BCUT2D eigenvalue weighted by Crippen LogP contribution is -2.30. The van der Waals surface area contributed by atoms with Gasteiger partial charge in [-0.2, -0.15) is 0 Å². The maximum atomic E-state index is 6.55. The minimum absolute atomic E-state index is 0.323. The number of benzene rings is 1. The standard InChI is InChI=1S/C20H29N3/c1-3-23-12-15-8-18-17(9-19(21)14-6-4-5-7-14)11-22(2)20(18)10-16(15)13-23/h8,10-11,14,19H,3-7,9,12-13,21H2,1-2H3. The number of rotatable bonds is 4. The molecule has 3 heteroatoms. The molecular formula is C20H29N3. The van der Waals surface area contributed by atoms with E-state index in [-0.39, 0.29) is 0 Å². The van der Waals surface area contributed by atoms with Crippen LogP contribution in [0.4, 0.5) is 0 Å². The third-order valence-corrected chi connectivity index (χ3v) is 6.09. The van der Waals surface area contributed by atoms with Gasteiger partial charge in [0, 0.05) is 43.3 Å². The van der Waals surface area contributed by atoms with Gasteiger partial charge in [-0.3, -0.25) is 4.90 Å². The van der Waals surface area contributed by atoms with E-state index < -0.39 is 0 Å². The molecule has 2 aromatic rings. The summed E-state index contributed by atoms with van der Waals surface area (Å²) in [6, 6.07) is 5.17. The van der Waals surface area contributed by atoms with E-state index in [0.717, 1.165) is 32.0 Å². The normalized spacial score (nSPS) is 20.5. The number of nitrogens with zero attached hydrogens (tertiary/aromatic N) is 2. The highest BCUT2D eigenvalue weighted by Gasteiger charge is 2.24. The van der Waals surface area contributed by atoms with Gasteiger partial charge in [-0.1, -0.05) is 19.8 Å². The van der Waals surface area contributed by atoms with E-state index in [1.54, 1.807) is 0 Å². The van der Waals surface area contributed by atoms with Gasteiger partial charge < -0.3 is 10.3 Å². The predicted molar refractivity (Wildman–Crippen MR) is 96.3 cm³/mol. The minimum Gasteiger partial charge on any atom is -0.350 e. The molecule has 2 N–H and O–H groups in total. The van der Waals surface area contributed by atoms with Gasteiger partial charge in [0.05, 0.1) is 0 Å². The van der Waals surface area contributed by atoms with Gasteiger partial charge in [-0.25, -0.2) is 0 Å². The largest absolute Gasteiger partial charge is 0.350 e. The Kier molecular flexibility index (Phi) is 3.94. The molecule has 1 unspecified atom stereocenters. The summed E-state index contributed by atoms with van der Waals surface area (Å²) in [7, 11) is 2.17. The van der Waals surface area contributed by atoms with Crippen molar-refractivity contribution in [2.24, 2.45) is 18.7 Å². The topological polar surface area (TPSA) is 34.2 Å². The Bertz CT molecular complexity index is 709. The molecule has 0 spiro atoms. The molecule has 0 radical (unpaired) electrons. The molecule has 124 valence electrons. The van der Waals surface area contributed by atoms with Gasteiger partial charge in [-0.05, 0) is 60.5 Å². The third-order valence-electron chi connectivity index (χ3n) is 6.09. The number of fused-ring (bicyclic) bond motifs is 2. The van der Waals surface area contributed by atoms with E-state index in [4.69, 9.17) is 5.73 Å². The molecule has 1 aromatic carbocycles. The Hall–Kier alpha value is -1.32. The van der Waals surface area contributed by atoms with Crippen LogP contribution in [0.25, 0.3) is 10.9 Å². The quantitative estimate of drug-likeness (QED) is 0.936. The molecule has 1 saturated carbocycles. The summed E-state index contributed by atoms with van der Waals surface area (Å²) in [6.45, 7) is 5.58. The van der Waals surface area contributed by atoms with E-state index >= 15 is 0 Å². The molecule has 2 heterocycles. The second-order valence-electron chi connectivity index (χ2n) is 7.62. The van der Waals surface area contributed by atoms with Crippen molar-refractivity contribution in [2.75, 3.05) is 6.54 Å². The van der Waals surface area contributed by atoms with Crippen LogP contribution in [0.3, 0.4) is 0 Å².